The Balaban J connectivity index is 1.88. The Morgan fingerprint density at radius 1 is 1.24 bits per heavy atom. The Bertz CT molecular complexity index is 477. The second-order valence-corrected chi connectivity index (χ2v) is 3.98. The van der Waals surface area contributed by atoms with Gasteiger partial charge in [-0.2, -0.15) is 0 Å². The molecular formula is C12H14N4O. The molecule has 3 heterocycles. The van der Waals surface area contributed by atoms with E-state index >= 15 is 0 Å². The molecule has 0 amide bonds. The molecule has 3 rings (SSSR count). The van der Waals surface area contributed by atoms with E-state index in [0.717, 1.165) is 43.5 Å². The van der Waals surface area contributed by atoms with E-state index in [1.165, 1.54) is 0 Å². The molecule has 1 saturated heterocycles. The lowest BCUT2D eigenvalue weighted by Crippen LogP contribution is -2.43. The number of rotatable bonds is 2. The van der Waals surface area contributed by atoms with Gasteiger partial charge in [0, 0.05) is 32.2 Å². The minimum absolute atomic E-state index is 0.781. The van der Waals surface area contributed by atoms with E-state index in [9.17, 15) is 0 Å². The lowest BCUT2D eigenvalue weighted by Gasteiger charge is -2.28. The van der Waals surface area contributed by atoms with Gasteiger partial charge in [0.1, 0.15) is 17.8 Å². The predicted octanol–water partition coefficient (Wildman–Crippen LogP) is 1.15. The van der Waals surface area contributed by atoms with E-state index < -0.39 is 0 Å². The monoisotopic (exact) mass is 230 g/mol. The van der Waals surface area contributed by atoms with Gasteiger partial charge in [-0.1, -0.05) is 0 Å². The largest absolute Gasteiger partial charge is 0.463 e. The topological polar surface area (TPSA) is 54.2 Å². The van der Waals surface area contributed by atoms with Crippen molar-refractivity contribution >= 4 is 5.82 Å². The number of nitrogens with one attached hydrogen (secondary N) is 1. The minimum atomic E-state index is 0.781. The number of piperazine rings is 1. The van der Waals surface area contributed by atoms with Crippen LogP contribution < -0.4 is 10.2 Å². The quantitative estimate of drug-likeness (QED) is 0.838. The summed E-state index contributed by atoms with van der Waals surface area (Å²) in [4.78, 5) is 10.8. The third-order valence-electron chi connectivity index (χ3n) is 2.87. The fourth-order valence-electron chi connectivity index (χ4n) is 1.97. The van der Waals surface area contributed by atoms with Gasteiger partial charge in [-0.25, -0.2) is 9.97 Å². The molecule has 0 unspecified atom stereocenters. The van der Waals surface area contributed by atoms with Crippen LogP contribution in [0.2, 0.25) is 0 Å². The molecule has 2 aromatic rings. The highest BCUT2D eigenvalue weighted by Gasteiger charge is 2.13. The van der Waals surface area contributed by atoms with Gasteiger partial charge in [-0.05, 0) is 12.1 Å². The van der Waals surface area contributed by atoms with Gasteiger partial charge in [-0.3, -0.25) is 0 Å². The fraction of sp³-hybridized carbons (Fsp3) is 0.333. The summed E-state index contributed by atoms with van der Waals surface area (Å²) in [6.45, 7) is 3.96. The zero-order chi connectivity index (χ0) is 11.5. The number of hydrogen-bond acceptors (Lipinski definition) is 5. The first kappa shape index (κ1) is 10.3. The van der Waals surface area contributed by atoms with Crippen LogP contribution in [0.4, 0.5) is 5.82 Å². The molecule has 0 aromatic carbocycles. The van der Waals surface area contributed by atoms with Gasteiger partial charge in [-0.15, -0.1) is 0 Å². The molecule has 0 spiro atoms. The molecule has 0 bridgehead atoms. The van der Waals surface area contributed by atoms with Crippen molar-refractivity contribution < 1.29 is 4.42 Å². The van der Waals surface area contributed by atoms with Crippen molar-refractivity contribution in [3.63, 3.8) is 0 Å². The van der Waals surface area contributed by atoms with Crippen molar-refractivity contribution in [1.29, 1.82) is 0 Å². The lowest BCUT2D eigenvalue weighted by molar-refractivity contribution is 0.577. The molecule has 1 aliphatic rings. The smallest absolute Gasteiger partial charge is 0.152 e. The van der Waals surface area contributed by atoms with Gasteiger partial charge in [0.2, 0.25) is 0 Å². The molecule has 88 valence electrons. The zero-order valence-electron chi connectivity index (χ0n) is 9.47. The molecule has 17 heavy (non-hydrogen) atoms. The summed E-state index contributed by atoms with van der Waals surface area (Å²) in [5.41, 5.74) is 0.832. The SMILES string of the molecule is c1coc(-c2cc(N3CCNCC3)ncn2)c1. The molecule has 2 aromatic heterocycles. The maximum atomic E-state index is 5.34. The van der Waals surface area contributed by atoms with Crippen molar-refractivity contribution in [2.75, 3.05) is 31.1 Å². The van der Waals surface area contributed by atoms with Crippen LogP contribution in [0.25, 0.3) is 11.5 Å². The standard InChI is InChI=1S/C12H14N4O/c1-2-11(17-7-1)10-8-12(15-9-14-10)16-5-3-13-4-6-16/h1-2,7-9,13H,3-6H2. The normalized spacial score (nSPS) is 16.1. The summed E-state index contributed by atoms with van der Waals surface area (Å²) < 4.78 is 5.34. The van der Waals surface area contributed by atoms with Gasteiger partial charge < -0.3 is 14.6 Å². The number of anilines is 1. The van der Waals surface area contributed by atoms with Crippen molar-refractivity contribution in [1.82, 2.24) is 15.3 Å². The molecule has 1 fully saturated rings. The number of hydrogen-bond donors (Lipinski definition) is 1. The van der Waals surface area contributed by atoms with E-state index in [2.05, 4.69) is 20.2 Å². The molecule has 0 aliphatic carbocycles. The molecular weight excluding hydrogens is 216 g/mol. The first-order chi connectivity index (χ1) is 8.43. The van der Waals surface area contributed by atoms with E-state index in [4.69, 9.17) is 4.42 Å². The van der Waals surface area contributed by atoms with Crippen LogP contribution in [0.5, 0.6) is 0 Å². The van der Waals surface area contributed by atoms with Gasteiger partial charge in [0.15, 0.2) is 5.76 Å². The highest BCUT2D eigenvalue weighted by atomic mass is 16.3. The summed E-state index contributed by atoms with van der Waals surface area (Å²) in [6.07, 6.45) is 3.25. The van der Waals surface area contributed by atoms with Crippen molar-refractivity contribution in [2.24, 2.45) is 0 Å². The van der Waals surface area contributed by atoms with Gasteiger partial charge in [0.05, 0.1) is 6.26 Å². The Labute approximate surface area is 99.5 Å². The molecule has 1 aliphatic heterocycles. The average Bonchev–Trinajstić information content (AvgIpc) is 2.94. The highest BCUT2D eigenvalue weighted by Crippen LogP contribution is 2.20. The first-order valence-electron chi connectivity index (χ1n) is 5.75. The second kappa shape index (κ2) is 4.55. The van der Waals surface area contributed by atoms with E-state index in [1.807, 2.05) is 18.2 Å². The summed E-state index contributed by atoms with van der Waals surface area (Å²) in [6, 6.07) is 5.75. The third kappa shape index (κ3) is 2.14. The zero-order valence-corrected chi connectivity index (χ0v) is 9.47. The number of nitrogens with zero attached hydrogens (tertiary/aromatic N) is 3. The molecule has 5 heteroatoms. The van der Waals surface area contributed by atoms with Crippen LogP contribution in [0.15, 0.2) is 35.2 Å². The van der Waals surface area contributed by atoms with Gasteiger partial charge in [0.25, 0.3) is 0 Å². The molecule has 0 atom stereocenters. The minimum Gasteiger partial charge on any atom is -0.463 e. The highest BCUT2D eigenvalue weighted by molar-refractivity contribution is 5.57. The average molecular weight is 230 g/mol. The maximum Gasteiger partial charge on any atom is 0.152 e. The van der Waals surface area contributed by atoms with Crippen LogP contribution in [0.1, 0.15) is 0 Å². The van der Waals surface area contributed by atoms with Gasteiger partial charge >= 0.3 is 0 Å². The van der Waals surface area contributed by atoms with Crippen molar-refractivity contribution in [2.45, 2.75) is 0 Å². The Kier molecular flexibility index (Phi) is 2.75. The van der Waals surface area contributed by atoms with Crippen molar-refractivity contribution in [3.8, 4) is 11.5 Å². The summed E-state index contributed by atoms with van der Waals surface area (Å²) >= 11 is 0. The van der Waals surface area contributed by atoms with Crippen LogP contribution in [0, 0.1) is 0 Å². The first-order valence-corrected chi connectivity index (χ1v) is 5.75. The Hall–Kier alpha value is -1.88. The second-order valence-electron chi connectivity index (χ2n) is 3.98. The third-order valence-corrected chi connectivity index (χ3v) is 2.87. The number of aromatic nitrogens is 2. The van der Waals surface area contributed by atoms with E-state index in [1.54, 1.807) is 12.6 Å². The summed E-state index contributed by atoms with van der Waals surface area (Å²) in [5.74, 6) is 1.75. The van der Waals surface area contributed by atoms with Crippen LogP contribution in [-0.2, 0) is 0 Å². The van der Waals surface area contributed by atoms with E-state index in [-0.39, 0.29) is 0 Å². The molecule has 0 saturated carbocycles. The molecule has 0 radical (unpaired) electrons. The lowest BCUT2D eigenvalue weighted by atomic mass is 10.3. The molecule has 1 N–H and O–H groups in total. The number of furan rings is 1. The predicted molar refractivity (Wildman–Crippen MR) is 64.8 cm³/mol. The van der Waals surface area contributed by atoms with Crippen LogP contribution >= 0.6 is 0 Å². The molecule has 5 nitrogen and oxygen atoms in total. The Morgan fingerprint density at radius 2 is 2.12 bits per heavy atom. The van der Waals surface area contributed by atoms with Crippen LogP contribution in [0.3, 0.4) is 0 Å². The van der Waals surface area contributed by atoms with E-state index in [0.29, 0.717) is 0 Å². The Morgan fingerprint density at radius 3 is 2.88 bits per heavy atom. The van der Waals surface area contributed by atoms with Crippen molar-refractivity contribution in [3.05, 3.63) is 30.8 Å². The summed E-state index contributed by atoms with van der Waals surface area (Å²) in [7, 11) is 0. The summed E-state index contributed by atoms with van der Waals surface area (Å²) in [5, 5.41) is 3.32. The van der Waals surface area contributed by atoms with Crippen LogP contribution in [-0.4, -0.2) is 36.1 Å². The maximum absolute atomic E-state index is 5.34. The fourth-order valence-corrected chi connectivity index (χ4v) is 1.97.